The Morgan fingerprint density at radius 2 is 2.06 bits per heavy atom. The SMILES string of the molecule is CC(=O)c1nnn(CCO)c1-c1ccccc1. The molecule has 0 aliphatic carbocycles. The second-order valence-corrected chi connectivity index (χ2v) is 3.66. The Hall–Kier alpha value is -2.01. The summed E-state index contributed by atoms with van der Waals surface area (Å²) in [5.41, 5.74) is 1.87. The predicted molar refractivity (Wildman–Crippen MR) is 62.5 cm³/mol. The van der Waals surface area contributed by atoms with Crippen LogP contribution in [-0.2, 0) is 6.54 Å². The highest BCUT2D eigenvalue weighted by molar-refractivity contribution is 5.97. The molecule has 17 heavy (non-hydrogen) atoms. The fraction of sp³-hybridized carbons (Fsp3) is 0.250. The predicted octanol–water partition coefficient (Wildman–Crippen LogP) is 1.14. The van der Waals surface area contributed by atoms with Crippen molar-refractivity contribution in [2.45, 2.75) is 13.5 Å². The van der Waals surface area contributed by atoms with Gasteiger partial charge in [-0.1, -0.05) is 35.5 Å². The van der Waals surface area contributed by atoms with Gasteiger partial charge in [0.25, 0.3) is 0 Å². The number of carbonyl (C=O) groups is 1. The first kappa shape index (κ1) is 11.5. The molecule has 1 heterocycles. The molecule has 1 aromatic carbocycles. The Bertz CT molecular complexity index is 520. The van der Waals surface area contributed by atoms with Crippen molar-refractivity contribution in [1.82, 2.24) is 15.0 Å². The maximum Gasteiger partial charge on any atom is 0.182 e. The standard InChI is InChI=1S/C12H13N3O2/c1-9(17)11-12(10-5-3-2-4-6-10)15(7-8-16)14-13-11/h2-6,16H,7-8H2,1H3. The van der Waals surface area contributed by atoms with Crippen molar-refractivity contribution < 1.29 is 9.90 Å². The number of aromatic nitrogens is 3. The third kappa shape index (κ3) is 2.24. The highest BCUT2D eigenvalue weighted by Gasteiger charge is 2.17. The number of carbonyl (C=O) groups excluding carboxylic acids is 1. The summed E-state index contributed by atoms with van der Waals surface area (Å²) in [6.07, 6.45) is 0. The van der Waals surface area contributed by atoms with Gasteiger partial charge in [0.05, 0.1) is 18.8 Å². The van der Waals surface area contributed by atoms with Gasteiger partial charge in [0.1, 0.15) is 0 Å². The zero-order valence-electron chi connectivity index (χ0n) is 9.50. The van der Waals surface area contributed by atoms with Crippen LogP contribution in [0.25, 0.3) is 11.3 Å². The van der Waals surface area contributed by atoms with Crippen LogP contribution in [0, 0.1) is 0 Å². The molecule has 2 aromatic rings. The molecule has 0 radical (unpaired) electrons. The summed E-state index contributed by atoms with van der Waals surface area (Å²) in [4.78, 5) is 11.5. The molecule has 2 rings (SSSR count). The number of Topliss-reactive ketones (excluding diaryl/α,β-unsaturated/α-hetero) is 1. The van der Waals surface area contributed by atoms with E-state index in [0.29, 0.717) is 17.9 Å². The molecule has 88 valence electrons. The van der Waals surface area contributed by atoms with Crippen molar-refractivity contribution in [3.8, 4) is 11.3 Å². The third-order valence-corrected chi connectivity index (χ3v) is 2.43. The summed E-state index contributed by atoms with van der Waals surface area (Å²) >= 11 is 0. The van der Waals surface area contributed by atoms with E-state index in [1.807, 2.05) is 30.3 Å². The summed E-state index contributed by atoms with van der Waals surface area (Å²) in [7, 11) is 0. The minimum Gasteiger partial charge on any atom is -0.394 e. The number of nitrogens with zero attached hydrogens (tertiary/aromatic N) is 3. The van der Waals surface area contributed by atoms with Crippen LogP contribution in [0.3, 0.4) is 0 Å². The van der Waals surface area contributed by atoms with Gasteiger partial charge in [-0.15, -0.1) is 5.10 Å². The molecule has 5 nitrogen and oxygen atoms in total. The number of rotatable bonds is 4. The molecule has 0 amide bonds. The van der Waals surface area contributed by atoms with Gasteiger partial charge in [-0.05, 0) is 0 Å². The van der Waals surface area contributed by atoms with Crippen molar-refractivity contribution in [3.63, 3.8) is 0 Å². The zero-order chi connectivity index (χ0) is 12.3. The monoisotopic (exact) mass is 231 g/mol. The molecule has 0 bridgehead atoms. The van der Waals surface area contributed by atoms with Crippen molar-refractivity contribution in [1.29, 1.82) is 0 Å². The average Bonchev–Trinajstić information content (AvgIpc) is 2.74. The van der Waals surface area contributed by atoms with E-state index in [2.05, 4.69) is 10.3 Å². The number of benzene rings is 1. The summed E-state index contributed by atoms with van der Waals surface area (Å²) in [6.45, 7) is 1.74. The van der Waals surface area contributed by atoms with E-state index in [4.69, 9.17) is 5.11 Å². The highest BCUT2D eigenvalue weighted by Crippen LogP contribution is 2.22. The first-order chi connectivity index (χ1) is 8.24. The Kier molecular flexibility index (Phi) is 3.30. The van der Waals surface area contributed by atoms with Gasteiger partial charge in [0.2, 0.25) is 0 Å². The molecule has 0 atom stereocenters. The maximum atomic E-state index is 11.5. The quantitative estimate of drug-likeness (QED) is 0.801. The maximum absolute atomic E-state index is 11.5. The first-order valence-electron chi connectivity index (χ1n) is 5.34. The van der Waals surface area contributed by atoms with E-state index in [1.165, 1.54) is 6.92 Å². The van der Waals surface area contributed by atoms with E-state index in [1.54, 1.807) is 4.68 Å². The van der Waals surface area contributed by atoms with Crippen molar-refractivity contribution in [3.05, 3.63) is 36.0 Å². The summed E-state index contributed by atoms with van der Waals surface area (Å²) < 4.78 is 1.55. The van der Waals surface area contributed by atoms with Crippen LogP contribution in [0.4, 0.5) is 0 Å². The minimum absolute atomic E-state index is 0.0411. The second kappa shape index (κ2) is 4.88. The number of aliphatic hydroxyl groups excluding tert-OH is 1. The van der Waals surface area contributed by atoms with Gasteiger partial charge in [0.15, 0.2) is 11.5 Å². The summed E-state index contributed by atoms with van der Waals surface area (Å²) in [6, 6.07) is 9.44. The smallest absolute Gasteiger partial charge is 0.182 e. The summed E-state index contributed by atoms with van der Waals surface area (Å²) in [5, 5.41) is 16.7. The molecule has 0 spiro atoms. The summed E-state index contributed by atoms with van der Waals surface area (Å²) in [5.74, 6) is -0.131. The van der Waals surface area contributed by atoms with E-state index in [0.717, 1.165) is 5.56 Å². The van der Waals surface area contributed by atoms with Gasteiger partial charge in [-0.25, -0.2) is 4.68 Å². The number of hydrogen-bond donors (Lipinski definition) is 1. The molecule has 0 aliphatic rings. The number of hydrogen-bond acceptors (Lipinski definition) is 4. The third-order valence-electron chi connectivity index (χ3n) is 2.43. The highest BCUT2D eigenvalue weighted by atomic mass is 16.3. The van der Waals surface area contributed by atoms with Gasteiger partial charge < -0.3 is 5.11 Å². The van der Waals surface area contributed by atoms with Crippen LogP contribution in [-0.4, -0.2) is 32.5 Å². The van der Waals surface area contributed by atoms with Crippen molar-refractivity contribution in [2.24, 2.45) is 0 Å². The lowest BCUT2D eigenvalue weighted by Gasteiger charge is -2.05. The molecule has 0 saturated carbocycles. The van der Waals surface area contributed by atoms with Gasteiger partial charge in [-0.2, -0.15) is 0 Å². The molecule has 1 aromatic heterocycles. The molecule has 0 fully saturated rings. The molecular weight excluding hydrogens is 218 g/mol. The van der Waals surface area contributed by atoms with Crippen molar-refractivity contribution in [2.75, 3.05) is 6.61 Å². The fourth-order valence-corrected chi connectivity index (χ4v) is 1.68. The first-order valence-corrected chi connectivity index (χ1v) is 5.34. The van der Waals surface area contributed by atoms with E-state index in [-0.39, 0.29) is 12.4 Å². The van der Waals surface area contributed by atoms with Crippen LogP contribution in [0.15, 0.2) is 30.3 Å². The Labute approximate surface area is 98.7 Å². The van der Waals surface area contributed by atoms with Gasteiger partial charge in [-0.3, -0.25) is 4.79 Å². The van der Waals surface area contributed by atoms with Crippen LogP contribution < -0.4 is 0 Å². The van der Waals surface area contributed by atoms with Crippen LogP contribution in [0.5, 0.6) is 0 Å². The topological polar surface area (TPSA) is 68.0 Å². The van der Waals surface area contributed by atoms with Crippen LogP contribution >= 0.6 is 0 Å². The Morgan fingerprint density at radius 3 is 2.65 bits per heavy atom. The molecular formula is C12H13N3O2. The fourth-order valence-electron chi connectivity index (χ4n) is 1.68. The van der Waals surface area contributed by atoms with E-state index < -0.39 is 0 Å². The molecule has 0 aliphatic heterocycles. The zero-order valence-corrected chi connectivity index (χ0v) is 9.50. The van der Waals surface area contributed by atoms with Gasteiger partial charge in [0, 0.05) is 12.5 Å². The lowest BCUT2D eigenvalue weighted by Crippen LogP contribution is -2.07. The molecule has 0 saturated heterocycles. The average molecular weight is 231 g/mol. The van der Waals surface area contributed by atoms with Gasteiger partial charge >= 0.3 is 0 Å². The second-order valence-electron chi connectivity index (χ2n) is 3.66. The lowest BCUT2D eigenvalue weighted by atomic mass is 10.1. The van der Waals surface area contributed by atoms with Crippen LogP contribution in [0.1, 0.15) is 17.4 Å². The molecule has 5 heteroatoms. The number of aliphatic hydroxyl groups is 1. The number of ketones is 1. The molecule has 1 N–H and O–H groups in total. The largest absolute Gasteiger partial charge is 0.394 e. The lowest BCUT2D eigenvalue weighted by molar-refractivity contribution is 0.101. The molecule has 0 unspecified atom stereocenters. The Morgan fingerprint density at radius 1 is 1.35 bits per heavy atom. The van der Waals surface area contributed by atoms with Crippen LogP contribution in [0.2, 0.25) is 0 Å². The van der Waals surface area contributed by atoms with E-state index in [9.17, 15) is 4.79 Å². The van der Waals surface area contributed by atoms with Crippen molar-refractivity contribution >= 4 is 5.78 Å². The van der Waals surface area contributed by atoms with E-state index >= 15 is 0 Å². The normalized spacial score (nSPS) is 10.5. The Balaban J connectivity index is 2.56. The minimum atomic E-state index is -0.131.